The Morgan fingerprint density at radius 1 is 0.938 bits per heavy atom. The highest BCUT2D eigenvalue weighted by Crippen LogP contribution is 2.10. The monoisotopic (exact) mass is 215 g/mol. The summed E-state index contributed by atoms with van der Waals surface area (Å²) < 4.78 is 0. The van der Waals surface area contributed by atoms with Gasteiger partial charge in [0.05, 0.1) is 12.7 Å². The van der Waals surface area contributed by atoms with Gasteiger partial charge in [-0.15, -0.1) is 0 Å². The van der Waals surface area contributed by atoms with Crippen molar-refractivity contribution in [1.82, 2.24) is 0 Å². The summed E-state index contributed by atoms with van der Waals surface area (Å²) in [5.74, 6) is 0.288. The molecule has 2 rings (SSSR count). The number of phenolic OH excluding ortho intramolecular Hbond substituents is 1. The Labute approximate surface area is 94.9 Å². The van der Waals surface area contributed by atoms with Crippen LogP contribution in [0.2, 0.25) is 0 Å². The number of anilines is 1. The molecule has 0 heterocycles. The van der Waals surface area contributed by atoms with Gasteiger partial charge in [-0.05, 0) is 24.3 Å². The van der Waals surface area contributed by atoms with Crippen LogP contribution in [0.25, 0.3) is 0 Å². The first kappa shape index (κ1) is 10.5. The number of hydrogen-bond acceptors (Lipinski definition) is 2. The predicted octanol–water partition coefficient (Wildman–Crippen LogP) is 1.57. The van der Waals surface area contributed by atoms with Gasteiger partial charge in [-0.2, -0.15) is 0 Å². The largest absolute Gasteiger partial charge is 0.508 e. The summed E-state index contributed by atoms with van der Waals surface area (Å²) in [5, 5.41) is 10.3. The minimum atomic E-state index is 0.288. The number of aromatic hydroxyl groups is 1. The third kappa shape index (κ3) is 2.52. The maximum Gasteiger partial charge on any atom is 0.155 e. The van der Waals surface area contributed by atoms with Crippen LogP contribution in [0.4, 0.5) is 11.4 Å². The first-order chi connectivity index (χ1) is 7.75. The molecule has 0 aliphatic carbocycles. The number of rotatable bonds is 3. The summed E-state index contributed by atoms with van der Waals surface area (Å²) in [7, 11) is 2.01. The quantitative estimate of drug-likeness (QED) is 0.537. The normalized spacial score (nSPS) is 12.1. The molecule has 0 saturated heterocycles. The average Bonchev–Trinajstić information content (AvgIpc) is 2.31. The molecule has 2 aromatic rings. The van der Waals surface area contributed by atoms with Crippen LogP contribution in [0, 0.1) is 0 Å². The number of para-hydroxylation sites is 1. The lowest BCUT2D eigenvalue weighted by Crippen LogP contribution is -3.07. The predicted molar refractivity (Wildman–Crippen MR) is 64.7 cm³/mol. The maximum absolute atomic E-state index is 9.20. The van der Waals surface area contributed by atoms with Crippen molar-refractivity contribution >= 4 is 11.4 Å². The summed E-state index contributed by atoms with van der Waals surface area (Å²) in [6.07, 6.45) is 0. The van der Waals surface area contributed by atoms with Gasteiger partial charge >= 0.3 is 0 Å². The lowest BCUT2D eigenvalue weighted by molar-refractivity contribution is -0.784. The van der Waals surface area contributed by atoms with Gasteiger partial charge in [-0.25, -0.2) is 10.4 Å². The van der Waals surface area contributed by atoms with Crippen LogP contribution < -0.4 is 10.4 Å². The number of phenols is 1. The molecule has 0 bridgehead atoms. The molecule has 0 aromatic heterocycles. The second-order valence-corrected chi connectivity index (χ2v) is 3.66. The standard InChI is InChI=1S/C13H14N2O/c1-15(12-7-9-13(16)10-8-12)14-11-5-3-2-4-6-11/h2-10,14,16H,1H3/p+1. The third-order valence-electron chi connectivity index (χ3n) is 2.41. The van der Waals surface area contributed by atoms with Gasteiger partial charge < -0.3 is 5.11 Å². The van der Waals surface area contributed by atoms with E-state index in [4.69, 9.17) is 0 Å². The highest BCUT2D eigenvalue weighted by molar-refractivity contribution is 5.41. The number of benzene rings is 2. The van der Waals surface area contributed by atoms with Crippen LogP contribution in [0.1, 0.15) is 0 Å². The Kier molecular flexibility index (Phi) is 3.08. The van der Waals surface area contributed by atoms with Gasteiger partial charge in [-0.1, -0.05) is 18.2 Å². The highest BCUT2D eigenvalue weighted by atomic mass is 16.3. The van der Waals surface area contributed by atoms with Crippen LogP contribution in [0.5, 0.6) is 5.75 Å². The van der Waals surface area contributed by atoms with Gasteiger partial charge in [-0.3, -0.25) is 0 Å². The van der Waals surface area contributed by atoms with E-state index in [1.165, 1.54) is 0 Å². The van der Waals surface area contributed by atoms with Gasteiger partial charge in [0, 0.05) is 12.1 Å². The Morgan fingerprint density at radius 2 is 1.56 bits per heavy atom. The number of hydrogen-bond donors (Lipinski definition) is 3. The summed E-state index contributed by atoms with van der Waals surface area (Å²) in [4.78, 5) is 0. The van der Waals surface area contributed by atoms with E-state index in [1.807, 2.05) is 49.5 Å². The Balaban J connectivity index is 2.09. The molecule has 16 heavy (non-hydrogen) atoms. The third-order valence-corrected chi connectivity index (χ3v) is 2.41. The van der Waals surface area contributed by atoms with Crippen molar-refractivity contribution in [2.24, 2.45) is 0 Å². The van der Waals surface area contributed by atoms with E-state index in [2.05, 4.69) is 5.43 Å². The summed E-state index contributed by atoms with van der Waals surface area (Å²) in [6.45, 7) is 0. The SMILES string of the molecule is C[NH+](Nc1ccccc1)c1ccc(O)cc1. The van der Waals surface area contributed by atoms with Crippen molar-refractivity contribution in [3.63, 3.8) is 0 Å². The highest BCUT2D eigenvalue weighted by Gasteiger charge is 2.05. The van der Waals surface area contributed by atoms with E-state index in [0.29, 0.717) is 0 Å². The topological polar surface area (TPSA) is 36.7 Å². The van der Waals surface area contributed by atoms with Gasteiger partial charge in [0.2, 0.25) is 0 Å². The maximum atomic E-state index is 9.20. The van der Waals surface area contributed by atoms with E-state index < -0.39 is 0 Å². The first-order valence-electron chi connectivity index (χ1n) is 5.21. The summed E-state index contributed by atoms with van der Waals surface area (Å²) >= 11 is 0. The van der Waals surface area contributed by atoms with Crippen LogP contribution >= 0.6 is 0 Å². The van der Waals surface area contributed by atoms with Crippen molar-refractivity contribution in [2.45, 2.75) is 0 Å². The van der Waals surface area contributed by atoms with Crippen molar-refractivity contribution in [2.75, 3.05) is 12.5 Å². The van der Waals surface area contributed by atoms with Crippen molar-refractivity contribution in [3.8, 4) is 5.75 Å². The van der Waals surface area contributed by atoms with Crippen LogP contribution in [-0.4, -0.2) is 12.2 Å². The van der Waals surface area contributed by atoms with Gasteiger partial charge in [0.15, 0.2) is 5.69 Å². The molecule has 0 amide bonds. The molecule has 1 unspecified atom stereocenters. The molecule has 3 heteroatoms. The van der Waals surface area contributed by atoms with E-state index in [-0.39, 0.29) is 5.75 Å². The molecule has 0 aliphatic heterocycles. The molecule has 0 saturated carbocycles. The van der Waals surface area contributed by atoms with E-state index in [1.54, 1.807) is 12.1 Å². The average molecular weight is 215 g/mol. The van der Waals surface area contributed by atoms with E-state index in [9.17, 15) is 5.11 Å². The number of nitrogens with one attached hydrogen (secondary N) is 2. The zero-order chi connectivity index (χ0) is 11.4. The fraction of sp³-hybridized carbons (Fsp3) is 0.0769. The molecule has 0 spiro atoms. The zero-order valence-corrected chi connectivity index (χ0v) is 9.14. The molecule has 3 N–H and O–H groups in total. The Bertz CT molecular complexity index is 439. The van der Waals surface area contributed by atoms with Crippen LogP contribution in [0.15, 0.2) is 54.6 Å². The minimum absolute atomic E-state index is 0.288. The van der Waals surface area contributed by atoms with Gasteiger partial charge in [0.1, 0.15) is 5.75 Å². The smallest absolute Gasteiger partial charge is 0.155 e. The van der Waals surface area contributed by atoms with Gasteiger partial charge in [0.25, 0.3) is 0 Å². The Morgan fingerprint density at radius 3 is 2.19 bits per heavy atom. The first-order valence-corrected chi connectivity index (χ1v) is 5.21. The fourth-order valence-corrected chi connectivity index (χ4v) is 1.52. The molecular weight excluding hydrogens is 200 g/mol. The summed E-state index contributed by atoms with van der Waals surface area (Å²) in [5.41, 5.74) is 5.45. The molecule has 0 fully saturated rings. The molecule has 2 aromatic carbocycles. The van der Waals surface area contributed by atoms with Crippen LogP contribution in [-0.2, 0) is 0 Å². The fourth-order valence-electron chi connectivity index (χ4n) is 1.52. The second-order valence-electron chi connectivity index (χ2n) is 3.66. The van der Waals surface area contributed by atoms with E-state index >= 15 is 0 Å². The molecule has 3 nitrogen and oxygen atoms in total. The minimum Gasteiger partial charge on any atom is -0.508 e. The zero-order valence-electron chi connectivity index (χ0n) is 9.14. The summed E-state index contributed by atoms with van der Waals surface area (Å²) in [6, 6.07) is 17.2. The lowest BCUT2D eigenvalue weighted by atomic mass is 10.3. The number of quaternary nitrogens is 1. The molecule has 82 valence electrons. The molecule has 0 aliphatic rings. The molecular formula is C13H15N2O+. The van der Waals surface area contributed by atoms with Crippen LogP contribution in [0.3, 0.4) is 0 Å². The van der Waals surface area contributed by atoms with Crippen molar-refractivity contribution < 1.29 is 10.1 Å². The van der Waals surface area contributed by atoms with Crippen molar-refractivity contribution in [1.29, 1.82) is 0 Å². The lowest BCUT2D eigenvalue weighted by Gasteiger charge is -2.15. The molecule has 0 radical (unpaired) electrons. The second kappa shape index (κ2) is 4.68. The van der Waals surface area contributed by atoms with Crippen molar-refractivity contribution in [3.05, 3.63) is 54.6 Å². The molecule has 1 atom stereocenters. The van der Waals surface area contributed by atoms with E-state index in [0.717, 1.165) is 16.4 Å². The Hall–Kier alpha value is -2.00.